The maximum Gasteiger partial charge on any atom is 0.416 e. The normalized spacial score (nSPS) is 26.3. The zero-order valence-corrected chi connectivity index (χ0v) is 11.9. The summed E-state index contributed by atoms with van der Waals surface area (Å²) in [6, 6.07) is 1.89. The average molecular weight is 310 g/mol. The van der Waals surface area contributed by atoms with Gasteiger partial charge in [0.1, 0.15) is 0 Å². The number of hydrogen-bond acceptors (Lipinski definition) is 0. The molecule has 1 aromatic rings. The molecule has 0 amide bonds. The first-order valence-corrected chi connectivity index (χ1v) is 6.65. The van der Waals surface area contributed by atoms with Crippen LogP contribution < -0.4 is 0 Å². The molecule has 1 aliphatic rings. The third-order valence-corrected chi connectivity index (χ3v) is 4.61. The van der Waals surface area contributed by atoms with Crippen LogP contribution in [-0.4, -0.2) is 0 Å². The van der Waals surface area contributed by atoms with E-state index in [2.05, 4.69) is 0 Å². The van der Waals surface area contributed by atoms with Crippen molar-refractivity contribution in [1.29, 1.82) is 0 Å². The Kier molecular flexibility index (Phi) is 3.58. The van der Waals surface area contributed by atoms with E-state index >= 15 is 0 Å². The summed E-state index contributed by atoms with van der Waals surface area (Å²) in [7, 11) is 0. The van der Waals surface area contributed by atoms with E-state index in [1.54, 1.807) is 0 Å². The number of rotatable bonds is 2. The topological polar surface area (TPSA) is 0 Å². The standard InChI is InChI=1S/C15H16F6/c1-8(2)13(3)7-12(13)9-4-10(14(16,17)18)6-11(5-9)15(19,20)21/h4-6,8,12H,7H2,1-3H3. The van der Waals surface area contributed by atoms with E-state index in [9.17, 15) is 26.3 Å². The molecule has 1 fully saturated rings. The lowest BCUT2D eigenvalue weighted by Crippen LogP contribution is -2.13. The van der Waals surface area contributed by atoms with Crippen molar-refractivity contribution < 1.29 is 26.3 Å². The Morgan fingerprint density at radius 1 is 0.952 bits per heavy atom. The van der Waals surface area contributed by atoms with Crippen LogP contribution in [0.5, 0.6) is 0 Å². The summed E-state index contributed by atoms with van der Waals surface area (Å²) >= 11 is 0. The third-order valence-electron chi connectivity index (χ3n) is 4.61. The van der Waals surface area contributed by atoms with E-state index in [4.69, 9.17) is 0 Å². The average Bonchev–Trinajstić information content (AvgIpc) is 3.00. The highest BCUT2D eigenvalue weighted by molar-refractivity contribution is 5.39. The predicted molar refractivity (Wildman–Crippen MR) is 66.7 cm³/mol. The van der Waals surface area contributed by atoms with E-state index in [0.717, 1.165) is 12.1 Å². The van der Waals surface area contributed by atoms with E-state index in [1.807, 2.05) is 20.8 Å². The molecule has 6 heteroatoms. The Labute approximate surface area is 119 Å². The van der Waals surface area contributed by atoms with Crippen LogP contribution in [0, 0.1) is 11.3 Å². The first kappa shape index (κ1) is 16.2. The van der Waals surface area contributed by atoms with Gasteiger partial charge in [-0.3, -0.25) is 0 Å². The molecule has 1 aliphatic carbocycles. The molecule has 2 unspecified atom stereocenters. The quantitative estimate of drug-likeness (QED) is 0.599. The SMILES string of the molecule is CC(C)C1(C)CC1c1cc(C(F)(F)F)cc(C(F)(F)F)c1. The highest BCUT2D eigenvalue weighted by Crippen LogP contribution is 2.63. The minimum absolute atomic E-state index is 0.133. The molecule has 0 N–H and O–H groups in total. The molecule has 0 heterocycles. The third kappa shape index (κ3) is 3.04. The van der Waals surface area contributed by atoms with Crippen LogP contribution in [0.4, 0.5) is 26.3 Å². The highest BCUT2D eigenvalue weighted by Gasteiger charge is 2.53. The van der Waals surface area contributed by atoms with Gasteiger partial charge in [-0.1, -0.05) is 20.8 Å². The molecule has 0 nitrogen and oxygen atoms in total. The minimum atomic E-state index is -4.78. The number of alkyl halides is 6. The minimum Gasteiger partial charge on any atom is -0.166 e. The van der Waals surface area contributed by atoms with Crippen molar-refractivity contribution in [2.75, 3.05) is 0 Å². The van der Waals surface area contributed by atoms with Crippen molar-refractivity contribution in [1.82, 2.24) is 0 Å². The Hall–Kier alpha value is -1.20. The zero-order valence-electron chi connectivity index (χ0n) is 11.9. The van der Waals surface area contributed by atoms with Crippen LogP contribution in [0.15, 0.2) is 18.2 Å². The van der Waals surface area contributed by atoms with Crippen molar-refractivity contribution in [3.05, 3.63) is 34.9 Å². The van der Waals surface area contributed by atoms with E-state index < -0.39 is 23.5 Å². The summed E-state index contributed by atoms with van der Waals surface area (Å²) in [5, 5.41) is 0. The molecular formula is C15H16F6. The van der Waals surface area contributed by atoms with Crippen LogP contribution in [-0.2, 0) is 12.4 Å². The largest absolute Gasteiger partial charge is 0.416 e. The summed E-state index contributed by atoms with van der Waals surface area (Å²) in [6.07, 6.45) is -8.94. The van der Waals surface area contributed by atoms with Crippen molar-refractivity contribution >= 4 is 0 Å². The maximum atomic E-state index is 12.8. The van der Waals surface area contributed by atoms with Gasteiger partial charge in [0.2, 0.25) is 0 Å². The molecule has 0 saturated heterocycles. The number of hydrogen-bond donors (Lipinski definition) is 0. The van der Waals surface area contributed by atoms with Gasteiger partial charge in [0.25, 0.3) is 0 Å². The first-order chi connectivity index (χ1) is 9.35. The van der Waals surface area contributed by atoms with E-state index in [1.165, 1.54) is 0 Å². The fraction of sp³-hybridized carbons (Fsp3) is 0.600. The molecule has 2 rings (SSSR count). The van der Waals surface area contributed by atoms with Gasteiger partial charge in [0, 0.05) is 0 Å². The van der Waals surface area contributed by atoms with Gasteiger partial charge in [-0.05, 0) is 47.4 Å². The van der Waals surface area contributed by atoms with Crippen molar-refractivity contribution in [3.63, 3.8) is 0 Å². The van der Waals surface area contributed by atoms with E-state index in [-0.39, 0.29) is 28.9 Å². The second-order valence-corrected chi connectivity index (χ2v) is 6.26. The molecule has 0 aliphatic heterocycles. The van der Waals surface area contributed by atoms with Crippen LogP contribution in [0.3, 0.4) is 0 Å². The molecule has 0 radical (unpaired) electrons. The second kappa shape index (κ2) is 4.65. The molecule has 118 valence electrons. The molecule has 0 spiro atoms. The predicted octanol–water partition coefficient (Wildman–Crippen LogP) is 5.87. The van der Waals surface area contributed by atoms with Gasteiger partial charge in [-0.25, -0.2) is 0 Å². The lowest BCUT2D eigenvalue weighted by molar-refractivity contribution is -0.143. The van der Waals surface area contributed by atoms with Crippen LogP contribution in [0.25, 0.3) is 0 Å². The Morgan fingerprint density at radius 3 is 1.67 bits per heavy atom. The maximum absolute atomic E-state index is 12.8. The Balaban J connectivity index is 2.48. The molecule has 0 bridgehead atoms. The lowest BCUT2D eigenvalue weighted by Gasteiger charge is -2.18. The van der Waals surface area contributed by atoms with Crippen LogP contribution in [0.1, 0.15) is 49.8 Å². The molecular weight excluding hydrogens is 294 g/mol. The monoisotopic (exact) mass is 310 g/mol. The van der Waals surface area contributed by atoms with Gasteiger partial charge in [0.15, 0.2) is 0 Å². The van der Waals surface area contributed by atoms with Crippen molar-refractivity contribution in [3.8, 4) is 0 Å². The molecule has 1 saturated carbocycles. The van der Waals surface area contributed by atoms with Gasteiger partial charge in [-0.2, -0.15) is 26.3 Å². The zero-order chi connectivity index (χ0) is 16.2. The van der Waals surface area contributed by atoms with Gasteiger partial charge in [0.05, 0.1) is 11.1 Å². The number of benzene rings is 1. The van der Waals surface area contributed by atoms with Crippen LogP contribution >= 0.6 is 0 Å². The van der Waals surface area contributed by atoms with Gasteiger partial charge in [-0.15, -0.1) is 0 Å². The number of halogens is 6. The van der Waals surface area contributed by atoms with Gasteiger partial charge < -0.3 is 0 Å². The summed E-state index contributed by atoms with van der Waals surface area (Å²) in [5.41, 5.74) is -2.56. The van der Waals surface area contributed by atoms with Crippen molar-refractivity contribution in [2.45, 2.75) is 45.5 Å². The van der Waals surface area contributed by atoms with Crippen LogP contribution in [0.2, 0.25) is 0 Å². The molecule has 2 atom stereocenters. The Morgan fingerprint density at radius 2 is 1.38 bits per heavy atom. The fourth-order valence-electron chi connectivity index (χ4n) is 2.70. The summed E-state index contributed by atoms with van der Waals surface area (Å²) in [4.78, 5) is 0. The summed E-state index contributed by atoms with van der Waals surface area (Å²) in [6.45, 7) is 5.76. The molecule has 21 heavy (non-hydrogen) atoms. The second-order valence-electron chi connectivity index (χ2n) is 6.26. The first-order valence-electron chi connectivity index (χ1n) is 6.65. The molecule has 0 aromatic heterocycles. The lowest BCUT2D eigenvalue weighted by atomic mass is 9.89. The summed E-state index contributed by atoms with van der Waals surface area (Å²) < 4.78 is 76.8. The van der Waals surface area contributed by atoms with Crippen molar-refractivity contribution in [2.24, 2.45) is 11.3 Å². The van der Waals surface area contributed by atoms with E-state index in [0.29, 0.717) is 6.42 Å². The highest BCUT2D eigenvalue weighted by atomic mass is 19.4. The van der Waals surface area contributed by atoms with Gasteiger partial charge >= 0.3 is 12.4 Å². The molecule has 1 aromatic carbocycles. The smallest absolute Gasteiger partial charge is 0.166 e. The summed E-state index contributed by atoms with van der Waals surface area (Å²) in [5.74, 6) is -0.0488. The fourth-order valence-corrected chi connectivity index (χ4v) is 2.70. The Bertz CT molecular complexity index is 508.